The highest BCUT2D eigenvalue weighted by molar-refractivity contribution is 6.30. The van der Waals surface area contributed by atoms with Gasteiger partial charge in [-0.3, -0.25) is 0 Å². The zero-order valence-corrected chi connectivity index (χ0v) is 11.0. The summed E-state index contributed by atoms with van der Waals surface area (Å²) in [4.78, 5) is 0. The lowest BCUT2D eigenvalue weighted by atomic mass is 9.74. The predicted molar refractivity (Wildman–Crippen MR) is 75.4 cm³/mol. The zero-order valence-electron chi connectivity index (χ0n) is 10.2. The van der Waals surface area contributed by atoms with Crippen LogP contribution in [0.1, 0.15) is 18.9 Å². The van der Waals surface area contributed by atoms with Crippen molar-refractivity contribution in [3.05, 3.63) is 70.8 Å². The van der Waals surface area contributed by atoms with Crippen LogP contribution in [0.3, 0.4) is 0 Å². The second-order valence-corrected chi connectivity index (χ2v) is 5.10. The van der Waals surface area contributed by atoms with Gasteiger partial charge in [0.15, 0.2) is 0 Å². The van der Waals surface area contributed by atoms with Gasteiger partial charge in [-0.05, 0) is 35.8 Å². The highest BCUT2D eigenvalue weighted by atomic mass is 35.5. The van der Waals surface area contributed by atoms with Gasteiger partial charge in [-0.2, -0.15) is 5.26 Å². The van der Waals surface area contributed by atoms with Crippen LogP contribution < -0.4 is 0 Å². The molecule has 0 radical (unpaired) electrons. The Hall–Kier alpha value is -1.78. The quantitative estimate of drug-likeness (QED) is 0.711. The fourth-order valence-corrected chi connectivity index (χ4v) is 2.34. The number of hydrogen-bond donors (Lipinski definition) is 0. The van der Waals surface area contributed by atoms with Crippen LogP contribution in [-0.4, -0.2) is 0 Å². The van der Waals surface area contributed by atoms with E-state index in [2.05, 4.69) is 31.2 Å². The molecule has 0 bridgehead atoms. The maximum atomic E-state index is 8.58. The molecule has 1 aromatic carbocycles. The molecule has 1 aliphatic rings. The second kappa shape index (κ2) is 5.25. The van der Waals surface area contributed by atoms with E-state index in [1.165, 1.54) is 11.6 Å². The van der Waals surface area contributed by atoms with E-state index in [0.29, 0.717) is 0 Å². The first-order valence-corrected chi connectivity index (χ1v) is 6.22. The second-order valence-electron chi connectivity index (χ2n) is 4.66. The van der Waals surface area contributed by atoms with E-state index < -0.39 is 0 Å². The number of hydrogen-bond acceptors (Lipinski definition) is 1. The number of halogens is 1. The van der Waals surface area contributed by atoms with Crippen LogP contribution in [0.2, 0.25) is 5.02 Å². The average molecular weight is 256 g/mol. The van der Waals surface area contributed by atoms with E-state index in [4.69, 9.17) is 16.9 Å². The van der Waals surface area contributed by atoms with E-state index in [1.54, 1.807) is 0 Å². The monoisotopic (exact) mass is 255 g/mol. The first-order chi connectivity index (χ1) is 8.64. The van der Waals surface area contributed by atoms with Crippen LogP contribution in [0.5, 0.6) is 0 Å². The fraction of sp³-hybridized carbons (Fsp3) is 0.188. The molecule has 0 N–H and O–H groups in total. The number of allylic oxidation sites excluding steroid dienone is 6. The Morgan fingerprint density at radius 2 is 2.06 bits per heavy atom. The van der Waals surface area contributed by atoms with Crippen LogP contribution in [0.15, 0.2) is 60.2 Å². The van der Waals surface area contributed by atoms with Gasteiger partial charge in [0.1, 0.15) is 0 Å². The minimum Gasteiger partial charge on any atom is -0.193 e. The largest absolute Gasteiger partial charge is 0.193 e. The van der Waals surface area contributed by atoms with Gasteiger partial charge >= 0.3 is 0 Å². The summed E-state index contributed by atoms with van der Waals surface area (Å²) in [6, 6.07) is 9.98. The molecule has 2 heteroatoms. The number of rotatable bonds is 2. The van der Waals surface area contributed by atoms with Crippen molar-refractivity contribution < 1.29 is 0 Å². The van der Waals surface area contributed by atoms with Gasteiger partial charge in [-0.25, -0.2) is 0 Å². The topological polar surface area (TPSA) is 23.8 Å². The minimum atomic E-state index is -0.0333. The summed E-state index contributed by atoms with van der Waals surface area (Å²) in [5, 5.41) is 9.33. The molecule has 0 saturated carbocycles. The van der Waals surface area contributed by atoms with Crippen LogP contribution in [0.25, 0.3) is 0 Å². The zero-order chi connectivity index (χ0) is 13.0. The number of nitriles is 1. The summed E-state index contributed by atoms with van der Waals surface area (Å²) >= 11 is 5.92. The first-order valence-electron chi connectivity index (χ1n) is 5.85. The van der Waals surface area contributed by atoms with Crippen molar-refractivity contribution in [2.24, 2.45) is 0 Å². The van der Waals surface area contributed by atoms with Gasteiger partial charge < -0.3 is 0 Å². The molecule has 0 fully saturated rings. The normalized spacial score (nSPS) is 22.8. The molecule has 1 unspecified atom stereocenters. The van der Waals surface area contributed by atoms with E-state index in [0.717, 1.165) is 17.0 Å². The first kappa shape index (κ1) is 12.7. The third-order valence-electron chi connectivity index (χ3n) is 3.22. The molecule has 2 rings (SSSR count). The summed E-state index contributed by atoms with van der Waals surface area (Å²) in [5.41, 5.74) is 2.37. The molecular formula is C16H14ClN. The van der Waals surface area contributed by atoms with Crippen molar-refractivity contribution in [2.45, 2.75) is 18.8 Å². The standard InChI is InChI=1S/C16H14ClN/c1-16(14-6-8-15(17)9-7-14)10-2-4-13(12-16)5-3-11-18/h2-10H,12H2,1H3/b5-3+. The summed E-state index contributed by atoms with van der Waals surface area (Å²) in [5.74, 6) is 0. The molecule has 1 nitrogen and oxygen atoms in total. The highest BCUT2D eigenvalue weighted by Crippen LogP contribution is 2.35. The van der Waals surface area contributed by atoms with Gasteiger partial charge in [-0.1, -0.05) is 48.9 Å². The van der Waals surface area contributed by atoms with Gasteiger partial charge in [-0.15, -0.1) is 0 Å². The van der Waals surface area contributed by atoms with Crippen molar-refractivity contribution in [1.82, 2.24) is 0 Å². The molecule has 0 spiro atoms. The molecule has 1 aliphatic carbocycles. The number of nitrogens with zero attached hydrogens (tertiary/aromatic N) is 1. The number of benzene rings is 1. The van der Waals surface area contributed by atoms with Crippen molar-refractivity contribution in [3.63, 3.8) is 0 Å². The Balaban J connectivity index is 2.27. The highest BCUT2D eigenvalue weighted by Gasteiger charge is 2.25. The van der Waals surface area contributed by atoms with Gasteiger partial charge in [0.05, 0.1) is 6.07 Å². The summed E-state index contributed by atoms with van der Waals surface area (Å²) < 4.78 is 0. The minimum absolute atomic E-state index is 0.0333. The summed E-state index contributed by atoms with van der Waals surface area (Å²) in [6.07, 6.45) is 10.6. The van der Waals surface area contributed by atoms with E-state index in [9.17, 15) is 0 Å². The van der Waals surface area contributed by atoms with Crippen molar-refractivity contribution in [3.8, 4) is 6.07 Å². The Kier molecular flexibility index (Phi) is 3.69. The van der Waals surface area contributed by atoms with Crippen molar-refractivity contribution in [1.29, 1.82) is 5.26 Å². The van der Waals surface area contributed by atoms with Gasteiger partial charge in [0, 0.05) is 16.5 Å². The molecule has 0 aromatic heterocycles. The Bertz CT molecular complexity index is 558. The fourth-order valence-electron chi connectivity index (χ4n) is 2.21. The maximum Gasteiger partial charge on any atom is 0.0912 e. The Morgan fingerprint density at radius 1 is 1.33 bits per heavy atom. The molecule has 0 amide bonds. The molecule has 0 aliphatic heterocycles. The molecule has 90 valence electrons. The van der Waals surface area contributed by atoms with Crippen molar-refractivity contribution in [2.75, 3.05) is 0 Å². The Morgan fingerprint density at radius 3 is 2.72 bits per heavy atom. The predicted octanol–water partition coefficient (Wildman–Crippen LogP) is 4.56. The van der Waals surface area contributed by atoms with Crippen molar-refractivity contribution >= 4 is 11.6 Å². The average Bonchev–Trinajstić information content (AvgIpc) is 2.37. The molecule has 0 saturated heterocycles. The van der Waals surface area contributed by atoms with E-state index in [1.807, 2.05) is 30.4 Å². The summed E-state index contributed by atoms with van der Waals surface area (Å²) in [6.45, 7) is 2.19. The molecular weight excluding hydrogens is 242 g/mol. The van der Waals surface area contributed by atoms with Gasteiger partial charge in [0.2, 0.25) is 0 Å². The van der Waals surface area contributed by atoms with E-state index >= 15 is 0 Å². The summed E-state index contributed by atoms with van der Waals surface area (Å²) in [7, 11) is 0. The SMILES string of the molecule is CC1(c2ccc(Cl)cc2)C=CC=C(/C=C/C#N)C1. The smallest absolute Gasteiger partial charge is 0.0912 e. The lowest BCUT2D eigenvalue weighted by Gasteiger charge is -2.29. The molecule has 1 aromatic rings. The lowest BCUT2D eigenvalue weighted by molar-refractivity contribution is 0.587. The lowest BCUT2D eigenvalue weighted by Crippen LogP contribution is -2.21. The van der Waals surface area contributed by atoms with Crippen LogP contribution >= 0.6 is 11.6 Å². The third-order valence-corrected chi connectivity index (χ3v) is 3.47. The third kappa shape index (κ3) is 2.72. The van der Waals surface area contributed by atoms with Crippen LogP contribution in [-0.2, 0) is 5.41 Å². The molecule has 18 heavy (non-hydrogen) atoms. The molecule has 0 heterocycles. The van der Waals surface area contributed by atoms with Gasteiger partial charge in [0.25, 0.3) is 0 Å². The van der Waals surface area contributed by atoms with E-state index in [-0.39, 0.29) is 5.41 Å². The molecule has 1 atom stereocenters. The van der Waals surface area contributed by atoms with Crippen LogP contribution in [0.4, 0.5) is 0 Å². The maximum absolute atomic E-state index is 8.58. The van der Waals surface area contributed by atoms with Crippen LogP contribution in [0, 0.1) is 11.3 Å². The Labute approximate surface area is 113 Å².